The molecule has 0 spiro atoms. The third-order valence-electron chi connectivity index (χ3n) is 2.70. The fraction of sp³-hybridized carbons (Fsp3) is 0.231. The molecule has 92 valence electrons. The number of aromatic nitrogens is 2. The molecule has 2 rings (SSSR count). The highest BCUT2D eigenvalue weighted by atomic mass is 16.5. The fourth-order valence-electron chi connectivity index (χ4n) is 1.88. The molecule has 0 fully saturated rings. The lowest BCUT2D eigenvalue weighted by atomic mass is 10.1. The Morgan fingerprint density at radius 1 is 1.50 bits per heavy atom. The van der Waals surface area contributed by atoms with Crippen molar-refractivity contribution < 1.29 is 4.74 Å². The maximum absolute atomic E-state index is 9.19. The van der Waals surface area contributed by atoms with Gasteiger partial charge in [-0.15, -0.1) is 0 Å². The number of imidazole rings is 1. The predicted molar refractivity (Wildman–Crippen MR) is 67.6 cm³/mol. The molecule has 5 heteroatoms. The summed E-state index contributed by atoms with van der Waals surface area (Å²) in [7, 11) is 1.58. The summed E-state index contributed by atoms with van der Waals surface area (Å²) in [5.74, 6) is 0.644. The van der Waals surface area contributed by atoms with Crippen LogP contribution in [0.4, 0.5) is 0 Å². The van der Waals surface area contributed by atoms with Gasteiger partial charge >= 0.3 is 0 Å². The molecule has 1 heterocycles. The van der Waals surface area contributed by atoms with Gasteiger partial charge in [0.1, 0.15) is 17.5 Å². The van der Waals surface area contributed by atoms with Crippen LogP contribution in [0.25, 0.3) is 5.69 Å². The first-order valence-corrected chi connectivity index (χ1v) is 5.60. The zero-order valence-corrected chi connectivity index (χ0v) is 10.1. The summed E-state index contributed by atoms with van der Waals surface area (Å²) in [4.78, 5) is 4.11. The highest BCUT2D eigenvalue weighted by Gasteiger charge is 2.13. The number of hydrogen-bond donors (Lipinski definition) is 1. The molecule has 2 N–H and O–H groups in total. The first kappa shape index (κ1) is 12.1. The first-order chi connectivity index (χ1) is 8.81. The molecule has 0 saturated heterocycles. The second kappa shape index (κ2) is 5.34. The monoisotopic (exact) mass is 242 g/mol. The normalized spacial score (nSPS) is 10.1. The molecular weight excluding hydrogens is 228 g/mol. The van der Waals surface area contributed by atoms with Crippen LogP contribution in [0.3, 0.4) is 0 Å². The zero-order valence-electron chi connectivity index (χ0n) is 10.1. The lowest BCUT2D eigenvalue weighted by molar-refractivity contribution is 0.412. The molecule has 0 atom stereocenters. The van der Waals surface area contributed by atoms with Gasteiger partial charge in [-0.2, -0.15) is 5.26 Å². The van der Waals surface area contributed by atoms with Gasteiger partial charge in [-0.05, 0) is 18.7 Å². The first-order valence-electron chi connectivity index (χ1n) is 5.60. The van der Waals surface area contributed by atoms with Gasteiger partial charge < -0.3 is 10.5 Å². The van der Waals surface area contributed by atoms with Gasteiger partial charge in [-0.3, -0.25) is 4.57 Å². The number of nitrogens with zero attached hydrogens (tertiary/aromatic N) is 3. The van der Waals surface area contributed by atoms with Crippen LogP contribution in [0.1, 0.15) is 11.3 Å². The second-order valence-electron chi connectivity index (χ2n) is 3.76. The van der Waals surface area contributed by atoms with Gasteiger partial charge in [0, 0.05) is 18.3 Å². The van der Waals surface area contributed by atoms with E-state index in [4.69, 9.17) is 10.5 Å². The Morgan fingerprint density at radius 3 is 3.00 bits per heavy atom. The molecule has 0 bridgehead atoms. The molecule has 18 heavy (non-hydrogen) atoms. The Labute approximate surface area is 105 Å². The minimum Gasteiger partial charge on any atom is -0.495 e. The molecule has 2 aromatic rings. The van der Waals surface area contributed by atoms with Crippen LogP contribution >= 0.6 is 0 Å². The van der Waals surface area contributed by atoms with Crippen molar-refractivity contribution in [3.63, 3.8) is 0 Å². The summed E-state index contributed by atoms with van der Waals surface area (Å²) in [6, 6.07) is 7.54. The molecule has 1 aromatic heterocycles. The molecule has 0 aliphatic carbocycles. The standard InChI is InChI=1S/C13H14N4O/c1-18-12-4-2-3-10(7-15)13(12)17-9-16-8-11(17)5-6-14/h2-4,8-9H,5-6,14H2,1H3. The van der Waals surface area contributed by atoms with Crippen LogP contribution in [-0.2, 0) is 6.42 Å². The number of ether oxygens (including phenoxy) is 1. The molecule has 0 unspecified atom stereocenters. The number of rotatable bonds is 4. The number of para-hydroxylation sites is 1. The van der Waals surface area contributed by atoms with Crippen molar-refractivity contribution in [3.8, 4) is 17.5 Å². The van der Waals surface area contributed by atoms with Crippen molar-refractivity contribution in [2.45, 2.75) is 6.42 Å². The van der Waals surface area contributed by atoms with Crippen molar-refractivity contribution in [3.05, 3.63) is 42.0 Å². The third-order valence-corrected chi connectivity index (χ3v) is 2.70. The van der Waals surface area contributed by atoms with Crippen LogP contribution in [0.15, 0.2) is 30.7 Å². The van der Waals surface area contributed by atoms with Gasteiger partial charge in [0.05, 0.1) is 19.0 Å². The second-order valence-corrected chi connectivity index (χ2v) is 3.76. The van der Waals surface area contributed by atoms with Crippen molar-refractivity contribution >= 4 is 0 Å². The molecule has 1 aromatic carbocycles. The van der Waals surface area contributed by atoms with E-state index in [1.54, 1.807) is 31.8 Å². The summed E-state index contributed by atoms with van der Waals surface area (Å²) >= 11 is 0. The van der Waals surface area contributed by atoms with E-state index in [1.807, 2.05) is 10.6 Å². The van der Waals surface area contributed by atoms with E-state index < -0.39 is 0 Å². The smallest absolute Gasteiger partial charge is 0.144 e. The molecule has 5 nitrogen and oxygen atoms in total. The van der Waals surface area contributed by atoms with Gasteiger partial charge in [0.15, 0.2) is 0 Å². The Balaban J connectivity index is 2.62. The highest BCUT2D eigenvalue weighted by molar-refractivity contribution is 5.58. The zero-order chi connectivity index (χ0) is 13.0. The molecule has 0 aliphatic heterocycles. The summed E-state index contributed by atoms with van der Waals surface area (Å²) < 4.78 is 7.17. The highest BCUT2D eigenvalue weighted by Crippen LogP contribution is 2.27. The molecule has 0 aliphatic rings. The largest absolute Gasteiger partial charge is 0.495 e. The maximum Gasteiger partial charge on any atom is 0.144 e. The summed E-state index contributed by atoms with van der Waals surface area (Å²) in [6.45, 7) is 0.530. The number of hydrogen-bond acceptors (Lipinski definition) is 4. The van der Waals surface area contributed by atoms with Crippen molar-refractivity contribution in [1.29, 1.82) is 5.26 Å². The lowest BCUT2D eigenvalue weighted by Gasteiger charge is -2.13. The van der Waals surface area contributed by atoms with Crippen molar-refractivity contribution in [2.24, 2.45) is 5.73 Å². The summed E-state index contributed by atoms with van der Waals surface area (Å²) in [6.07, 6.45) is 4.12. The lowest BCUT2D eigenvalue weighted by Crippen LogP contribution is -2.09. The van der Waals surface area contributed by atoms with E-state index in [1.165, 1.54) is 0 Å². The SMILES string of the molecule is COc1cccc(C#N)c1-n1cncc1CCN. The van der Waals surface area contributed by atoms with Gasteiger partial charge in [-0.25, -0.2) is 4.98 Å². The average molecular weight is 242 g/mol. The number of nitrogens with two attached hydrogens (primary N) is 1. The van der Waals surface area contributed by atoms with Crippen LogP contribution in [-0.4, -0.2) is 23.2 Å². The Bertz CT molecular complexity index is 583. The minimum atomic E-state index is 0.530. The van der Waals surface area contributed by atoms with E-state index in [0.29, 0.717) is 30.0 Å². The van der Waals surface area contributed by atoms with Gasteiger partial charge in [-0.1, -0.05) is 6.07 Å². The van der Waals surface area contributed by atoms with E-state index >= 15 is 0 Å². The Hall–Kier alpha value is -2.32. The molecule has 0 saturated carbocycles. The van der Waals surface area contributed by atoms with E-state index in [0.717, 1.165) is 5.69 Å². The van der Waals surface area contributed by atoms with Crippen LogP contribution in [0, 0.1) is 11.3 Å². The van der Waals surface area contributed by atoms with Crippen molar-refractivity contribution in [1.82, 2.24) is 9.55 Å². The molecular formula is C13H14N4O. The molecule has 0 radical (unpaired) electrons. The van der Waals surface area contributed by atoms with E-state index in [9.17, 15) is 5.26 Å². The van der Waals surface area contributed by atoms with Crippen LogP contribution in [0.2, 0.25) is 0 Å². The van der Waals surface area contributed by atoms with Crippen LogP contribution < -0.4 is 10.5 Å². The fourth-order valence-corrected chi connectivity index (χ4v) is 1.88. The van der Waals surface area contributed by atoms with E-state index in [2.05, 4.69) is 11.1 Å². The molecule has 0 amide bonds. The van der Waals surface area contributed by atoms with Crippen molar-refractivity contribution in [2.75, 3.05) is 13.7 Å². The van der Waals surface area contributed by atoms with Crippen LogP contribution in [0.5, 0.6) is 5.75 Å². The Kier molecular flexibility index (Phi) is 3.60. The summed E-state index contributed by atoms with van der Waals surface area (Å²) in [5, 5.41) is 9.19. The van der Waals surface area contributed by atoms with Gasteiger partial charge in [0.2, 0.25) is 0 Å². The Morgan fingerprint density at radius 2 is 2.33 bits per heavy atom. The average Bonchev–Trinajstić information content (AvgIpc) is 2.86. The van der Waals surface area contributed by atoms with E-state index in [-0.39, 0.29) is 0 Å². The number of nitriles is 1. The third kappa shape index (κ3) is 2.06. The topological polar surface area (TPSA) is 76.9 Å². The number of benzene rings is 1. The quantitative estimate of drug-likeness (QED) is 0.875. The summed E-state index contributed by atoms with van der Waals surface area (Å²) in [5.41, 5.74) is 7.79. The number of methoxy groups -OCH3 is 1. The van der Waals surface area contributed by atoms with Gasteiger partial charge in [0.25, 0.3) is 0 Å². The maximum atomic E-state index is 9.19. The minimum absolute atomic E-state index is 0.530. The predicted octanol–water partition coefficient (Wildman–Crippen LogP) is 1.25.